The van der Waals surface area contributed by atoms with Gasteiger partial charge in [-0.1, -0.05) is 13.3 Å². The van der Waals surface area contributed by atoms with Gasteiger partial charge in [-0.3, -0.25) is 0 Å². The Morgan fingerprint density at radius 2 is 2.24 bits per heavy atom. The molecule has 1 N–H and O–H groups in total. The zero-order valence-electron chi connectivity index (χ0n) is 11.3. The molecule has 0 bridgehead atoms. The van der Waals surface area contributed by atoms with Crippen molar-refractivity contribution in [2.45, 2.75) is 70.1 Å². The van der Waals surface area contributed by atoms with E-state index in [2.05, 4.69) is 19.2 Å². The molecule has 3 nitrogen and oxygen atoms in total. The molecule has 0 radical (unpaired) electrons. The van der Waals surface area contributed by atoms with Crippen LogP contribution in [-0.4, -0.2) is 37.5 Å². The minimum atomic E-state index is 0.0819. The smallest absolute Gasteiger partial charge is 0.0779 e. The summed E-state index contributed by atoms with van der Waals surface area (Å²) >= 11 is 0. The Labute approximate surface area is 105 Å². The Hall–Kier alpha value is -0.120. The van der Waals surface area contributed by atoms with Crippen LogP contribution in [0.15, 0.2) is 0 Å². The monoisotopic (exact) mass is 241 g/mol. The van der Waals surface area contributed by atoms with Gasteiger partial charge in [0.15, 0.2) is 0 Å². The summed E-state index contributed by atoms with van der Waals surface area (Å²) in [4.78, 5) is 0. The molecule has 17 heavy (non-hydrogen) atoms. The highest BCUT2D eigenvalue weighted by molar-refractivity contribution is 4.85. The van der Waals surface area contributed by atoms with E-state index in [0.717, 1.165) is 26.2 Å². The first-order chi connectivity index (χ1) is 8.22. The zero-order valence-corrected chi connectivity index (χ0v) is 11.3. The molecule has 0 spiro atoms. The zero-order chi connectivity index (χ0) is 12.1. The van der Waals surface area contributed by atoms with Crippen LogP contribution >= 0.6 is 0 Å². The van der Waals surface area contributed by atoms with Crippen LogP contribution < -0.4 is 5.32 Å². The summed E-state index contributed by atoms with van der Waals surface area (Å²) in [5.41, 5.74) is 0.0819. The summed E-state index contributed by atoms with van der Waals surface area (Å²) in [6, 6.07) is 0.626. The van der Waals surface area contributed by atoms with Gasteiger partial charge in [-0.15, -0.1) is 0 Å². The first kappa shape index (κ1) is 13.3. The number of nitrogens with one attached hydrogen (secondary N) is 1. The van der Waals surface area contributed by atoms with Gasteiger partial charge in [0.1, 0.15) is 0 Å². The van der Waals surface area contributed by atoms with Crippen molar-refractivity contribution >= 4 is 0 Å². The van der Waals surface area contributed by atoms with Gasteiger partial charge in [0.2, 0.25) is 0 Å². The third kappa shape index (κ3) is 3.94. The second-order valence-electron chi connectivity index (χ2n) is 5.79. The van der Waals surface area contributed by atoms with Crippen LogP contribution in [0, 0.1) is 0 Å². The van der Waals surface area contributed by atoms with Crippen molar-refractivity contribution in [2.24, 2.45) is 0 Å². The van der Waals surface area contributed by atoms with Crippen LogP contribution in [0.25, 0.3) is 0 Å². The Bertz CT molecular complexity index is 224. The second kappa shape index (κ2) is 6.17. The maximum atomic E-state index is 5.81. The van der Waals surface area contributed by atoms with Crippen molar-refractivity contribution in [2.75, 3.05) is 19.8 Å². The Morgan fingerprint density at radius 1 is 1.35 bits per heavy atom. The molecular weight excluding hydrogens is 214 g/mol. The van der Waals surface area contributed by atoms with E-state index in [4.69, 9.17) is 9.47 Å². The molecule has 3 atom stereocenters. The molecule has 2 heterocycles. The van der Waals surface area contributed by atoms with Crippen molar-refractivity contribution in [3.63, 3.8) is 0 Å². The molecule has 0 aliphatic carbocycles. The summed E-state index contributed by atoms with van der Waals surface area (Å²) in [6.07, 6.45) is 7.62. The normalized spacial score (nSPS) is 38.5. The van der Waals surface area contributed by atoms with E-state index in [1.807, 2.05) is 0 Å². The molecular formula is C14H27NO2. The maximum Gasteiger partial charge on any atom is 0.0779 e. The van der Waals surface area contributed by atoms with Gasteiger partial charge in [0.25, 0.3) is 0 Å². The van der Waals surface area contributed by atoms with Gasteiger partial charge >= 0.3 is 0 Å². The quantitative estimate of drug-likeness (QED) is 0.802. The second-order valence-corrected chi connectivity index (χ2v) is 5.79. The van der Waals surface area contributed by atoms with Crippen molar-refractivity contribution in [3.05, 3.63) is 0 Å². The average Bonchev–Trinajstić information content (AvgIpc) is 2.76. The van der Waals surface area contributed by atoms with E-state index in [0.29, 0.717) is 12.1 Å². The lowest BCUT2D eigenvalue weighted by atomic mass is 9.98. The van der Waals surface area contributed by atoms with Crippen LogP contribution in [0.3, 0.4) is 0 Å². The molecule has 2 fully saturated rings. The Balaban J connectivity index is 1.71. The molecule has 100 valence electrons. The van der Waals surface area contributed by atoms with Crippen molar-refractivity contribution in [1.82, 2.24) is 5.32 Å². The largest absolute Gasteiger partial charge is 0.378 e. The third-order valence-corrected chi connectivity index (χ3v) is 4.04. The summed E-state index contributed by atoms with van der Waals surface area (Å²) in [7, 11) is 0. The average molecular weight is 241 g/mol. The molecule has 2 saturated heterocycles. The first-order valence-corrected chi connectivity index (χ1v) is 7.21. The van der Waals surface area contributed by atoms with Crippen LogP contribution in [0.1, 0.15) is 52.4 Å². The molecule has 0 aromatic carbocycles. The number of rotatable bonds is 5. The van der Waals surface area contributed by atoms with E-state index < -0.39 is 0 Å². The molecule has 2 aliphatic heterocycles. The summed E-state index contributed by atoms with van der Waals surface area (Å²) in [6.45, 7) is 7.31. The fourth-order valence-electron chi connectivity index (χ4n) is 2.93. The van der Waals surface area contributed by atoms with E-state index in [1.165, 1.54) is 32.1 Å². The van der Waals surface area contributed by atoms with Crippen LogP contribution in [0.2, 0.25) is 0 Å². The first-order valence-electron chi connectivity index (χ1n) is 7.21. The number of ether oxygens (including phenoxy) is 2. The van der Waals surface area contributed by atoms with E-state index in [-0.39, 0.29) is 5.60 Å². The minimum Gasteiger partial charge on any atom is -0.378 e. The molecule has 2 aliphatic rings. The molecule has 0 saturated carbocycles. The predicted octanol–water partition coefficient (Wildman–Crippen LogP) is 2.49. The molecule has 0 amide bonds. The molecule has 3 heteroatoms. The molecule has 0 aromatic rings. The lowest BCUT2D eigenvalue weighted by Gasteiger charge is -2.33. The van der Waals surface area contributed by atoms with Gasteiger partial charge in [-0.05, 0) is 39.0 Å². The standard InChI is InChI=1S/C14H27NO2/c1-3-5-13-10-12(6-9-16-13)15-11-14(2)7-4-8-17-14/h12-13,15H,3-11H2,1-2H3. The topological polar surface area (TPSA) is 30.5 Å². The minimum absolute atomic E-state index is 0.0819. The molecule has 0 aromatic heterocycles. The van der Waals surface area contributed by atoms with Gasteiger partial charge in [-0.25, -0.2) is 0 Å². The highest BCUT2D eigenvalue weighted by atomic mass is 16.5. The van der Waals surface area contributed by atoms with Crippen LogP contribution in [0.5, 0.6) is 0 Å². The highest BCUT2D eigenvalue weighted by Crippen LogP contribution is 2.25. The molecule has 2 rings (SSSR count). The van der Waals surface area contributed by atoms with Gasteiger partial charge in [0, 0.05) is 25.8 Å². The third-order valence-electron chi connectivity index (χ3n) is 4.04. The Morgan fingerprint density at radius 3 is 2.94 bits per heavy atom. The van der Waals surface area contributed by atoms with Crippen molar-refractivity contribution in [1.29, 1.82) is 0 Å². The highest BCUT2D eigenvalue weighted by Gasteiger charge is 2.31. The summed E-state index contributed by atoms with van der Waals surface area (Å²) in [5.74, 6) is 0. The van der Waals surface area contributed by atoms with Crippen LogP contribution in [-0.2, 0) is 9.47 Å². The fraction of sp³-hybridized carbons (Fsp3) is 1.00. The van der Waals surface area contributed by atoms with Crippen molar-refractivity contribution in [3.8, 4) is 0 Å². The summed E-state index contributed by atoms with van der Waals surface area (Å²) < 4.78 is 11.6. The fourth-order valence-corrected chi connectivity index (χ4v) is 2.93. The van der Waals surface area contributed by atoms with Gasteiger partial charge in [-0.2, -0.15) is 0 Å². The lowest BCUT2D eigenvalue weighted by molar-refractivity contribution is -0.0151. The predicted molar refractivity (Wildman–Crippen MR) is 69.3 cm³/mol. The lowest BCUT2D eigenvalue weighted by Crippen LogP contribution is -2.45. The van der Waals surface area contributed by atoms with Crippen LogP contribution in [0.4, 0.5) is 0 Å². The number of hydrogen-bond acceptors (Lipinski definition) is 3. The SMILES string of the molecule is CCCC1CC(NCC2(C)CCCO2)CCO1. The van der Waals surface area contributed by atoms with Gasteiger partial charge < -0.3 is 14.8 Å². The summed E-state index contributed by atoms with van der Waals surface area (Å²) in [5, 5.41) is 3.69. The number of hydrogen-bond donors (Lipinski definition) is 1. The Kier molecular flexibility index (Phi) is 4.83. The van der Waals surface area contributed by atoms with Crippen molar-refractivity contribution < 1.29 is 9.47 Å². The molecule has 3 unspecified atom stereocenters. The van der Waals surface area contributed by atoms with E-state index in [1.54, 1.807) is 0 Å². The van der Waals surface area contributed by atoms with E-state index >= 15 is 0 Å². The maximum absolute atomic E-state index is 5.81. The van der Waals surface area contributed by atoms with E-state index in [9.17, 15) is 0 Å². The van der Waals surface area contributed by atoms with Gasteiger partial charge in [0.05, 0.1) is 11.7 Å².